The molecular formula is C18H27ClN2O3. The number of aliphatic hydroxyl groups excluding tert-OH is 1. The van der Waals surface area contributed by atoms with Crippen LogP contribution in [0.2, 0.25) is 5.02 Å². The van der Waals surface area contributed by atoms with E-state index in [1.54, 1.807) is 17.0 Å². The Hall–Kier alpha value is -1.30. The topological polar surface area (TPSA) is 53.0 Å². The molecule has 6 heteroatoms. The van der Waals surface area contributed by atoms with Crippen LogP contribution in [0.4, 0.5) is 4.79 Å². The smallest absolute Gasteiger partial charge is 0.410 e. The van der Waals surface area contributed by atoms with Crippen LogP contribution in [0.15, 0.2) is 24.3 Å². The summed E-state index contributed by atoms with van der Waals surface area (Å²) < 4.78 is 5.45. The second-order valence-electron chi connectivity index (χ2n) is 7.35. The summed E-state index contributed by atoms with van der Waals surface area (Å²) in [7, 11) is 0. The number of carbonyl (C=O) groups is 1. The molecule has 1 aliphatic rings. The number of piperazine rings is 1. The third-order valence-corrected chi connectivity index (χ3v) is 4.28. The summed E-state index contributed by atoms with van der Waals surface area (Å²) in [5, 5.41) is 11.0. The number of aliphatic hydroxyl groups is 1. The van der Waals surface area contributed by atoms with Gasteiger partial charge < -0.3 is 14.7 Å². The molecule has 0 bridgehead atoms. The lowest BCUT2D eigenvalue weighted by molar-refractivity contribution is -0.00421. The van der Waals surface area contributed by atoms with Gasteiger partial charge in [-0.2, -0.15) is 0 Å². The predicted molar refractivity (Wildman–Crippen MR) is 95.3 cm³/mol. The van der Waals surface area contributed by atoms with Crippen molar-refractivity contribution in [2.24, 2.45) is 0 Å². The van der Waals surface area contributed by atoms with E-state index in [0.717, 1.165) is 5.56 Å². The zero-order valence-corrected chi connectivity index (χ0v) is 15.6. The molecule has 2 rings (SSSR count). The van der Waals surface area contributed by atoms with Crippen LogP contribution in [-0.2, 0) is 4.74 Å². The number of ether oxygens (including phenoxy) is 1. The Balaban J connectivity index is 1.88. The van der Waals surface area contributed by atoms with E-state index in [-0.39, 0.29) is 12.1 Å². The van der Waals surface area contributed by atoms with E-state index in [1.807, 2.05) is 39.8 Å². The quantitative estimate of drug-likeness (QED) is 0.904. The monoisotopic (exact) mass is 354 g/mol. The second kappa shape index (κ2) is 7.72. The number of β-amino-alcohol motifs (C(OH)–C–C–N with tert-alkyl or cyclic N) is 1. The Bertz CT molecular complexity index is 556. The molecule has 134 valence electrons. The average Bonchev–Trinajstić information content (AvgIpc) is 2.46. The van der Waals surface area contributed by atoms with Crippen molar-refractivity contribution in [3.05, 3.63) is 34.9 Å². The summed E-state index contributed by atoms with van der Waals surface area (Å²) in [6.45, 7) is 10.2. The summed E-state index contributed by atoms with van der Waals surface area (Å²) in [4.78, 5) is 16.2. The minimum absolute atomic E-state index is 0.0472. The Labute approximate surface area is 149 Å². The molecule has 1 aromatic rings. The van der Waals surface area contributed by atoms with E-state index >= 15 is 0 Å². The first-order valence-electron chi connectivity index (χ1n) is 8.31. The van der Waals surface area contributed by atoms with Crippen molar-refractivity contribution < 1.29 is 14.6 Å². The van der Waals surface area contributed by atoms with E-state index in [2.05, 4.69) is 4.90 Å². The molecule has 0 radical (unpaired) electrons. The average molecular weight is 355 g/mol. The van der Waals surface area contributed by atoms with Gasteiger partial charge >= 0.3 is 6.09 Å². The normalized spacial score (nSPS) is 20.8. The number of hydrogen-bond donors (Lipinski definition) is 1. The Kier molecular flexibility index (Phi) is 6.12. The van der Waals surface area contributed by atoms with Gasteiger partial charge in [-0.05, 0) is 45.4 Å². The second-order valence-corrected chi connectivity index (χ2v) is 7.79. The lowest BCUT2D eigenvalue weighted by Crippen LogP contribution is -2.55. The molecule has 1 aliphatic heterocycles. The number of nitrogens with zero attached hydrogens (tertiary/aromatic N) is 2. The number of halogens is 1. The fraction of sp³-hybridized carbons (Fsp3) is 0.611. The Morgan fingerprint density at radius 2 is 1.96 bits per heavy atom. The van der Waals surface area contributed by atoms with Gasteiger partial charge in [-0.3, -0.25) is 4.90 Å². The molecule has 1 N–H and O–H groups in total. The standard InChI is InChI=1S/C18H27ClN2O3/c1-13-11-20(9-10-21(13)17(23)24-18(2,3)4)12-16(22)14-5-7-15(19)8-6-14/h5-8,13,16,22H,9-12H2,1-4H3/t13-,16?/m1/s1. The molecule has 1 fully saturated rings. The maximum Gasteiger partial charge on any atom is 0.410 e. The summed E-state index contributed by atoms with van der Waals surface area (Å²) in [6, 6.07) is 7.29. The molecule has 1 amide bonds. The van der Waals surface area contributed by atoms with Gasteiger partial charge in [0.25, 0.3) is 0 Å². The van der Waals surface area contributed by atoms with E-state index in [1.165, 1.54) is 0 Å². The first kappa shape index (κ1) is 19.0. The van der Waals surface area contributed by atoms with Crippen LogP contribution in [0.1, 0.15) is 39.4 Å². The molecule has 1 heterocycles. The van der Waals surface area contributed by atoms with Gasteiger partial charge in [-0.1, -0.05) is 23.7 Å². The van der Waals surface area contributed by atoms with Crippen molar-refractivity contribution in [1.82, 2.24) is 9.80 Å². The SMILES string of the molecule is C[C@@H]1CN(CC(O)c2ccc(Cl)cc2)CCN1C(=O)OC(C)(C)C. The molecule has 0 aliphatic carbocycles. The van der Waals surface area contributed by atoms with E-state index in [0.29, 0.717) is 31.2 Å². The van der Waals surface area contributed by atoms with Gasteiger partial charge in [0, 0.05) is 37.2 Å². The molecule has 1 aromatic carbocycles. The minimum atomic E-state index is -0.567. The van der Waals surface area contributed by atoms with Crippen LogP contribution in [0.25, 0.3) is 0 Å². The van der Waals surface area contributed by atoms with Crippen LogP contribution >= 0.6 is 11.6 Å². The maximum absolute atomic E-state index is 12.2. The molecule has 1 saturated heterocycles. The molecule has 2 atom stereocenters. The number of amides is 1. The maximum atomic E-state index is 12.2. The highest BCUT2D eigenvalue weighted by atomic mass is 35.5. The fourth-order valence-corrected chi connectivity index (χ4v) is 2.95. The van der Waals surface area contributed by atoms with Gasteiger partial charge in [-0.25, -0.2) is 4.79 Å². The largest absolute Gasteiger partial charge is 0.444 e. The first-order valence-corrected chi connectivity index (χ1v) is 8.69. The number of rotatable bonds is 3. The van der Waals surface area contributed by atoms with E-state index < -0.39 is 11.7 Å². The molecule has 5 nitrogen and oxygen atoms in total. The van der Waals surface area contributed by atoms with Crippen molar-refractivity contribution in [2.75, 3.05) is 26.2 Å². The highest BCUT2D eigenvalue weighted by Gasteiger charge is 2.31. The van der Waals surface area contributed by atoms with Gasteiger partial charge in [0.1, 0.15) is 5.60 Å². The third kappa shape index (κ3) is 5.36. The summed E-state index contributed by atoms with van der Waals surface area (Å²) in [6.07, 6.45) is -0.838. The van der Waals surface area contributed by atoms with Crippen molar-refractivity contribution in [1.29, 1.82) is 0 Å². The molecule has 0 saturated carbocycles. The van der Waals surface area contributed by atoms with Crippen LogP contribution in [0.5, 0.6) is 0 Å². The van der Waals surface area contributed by atoms with Crippen LogP contribution in [-0.4, -0.2) is 58.8 Å². The third-order valence-electron chi connectivity index (χ3n) is 4.03. The first-order chi connectivity index (χ1) is 11.2. The summed E-state index contributed by atoms with van der Waals surface area (Å²) in [5.74, 6) is 0. The van der Waals surface area contributed by atoms with E-state index in [9.17, 15) is 9.90 Å². The molecule has 1 unspecified atom stereocenters. The molecule has 24 heavy (non-hydrogen) atoms. The number of benzene rings is 1. The van der Waals surface area contributed by atoms with Crippen molar-refractivity contribution in [3.63, 3.8) is 0 Å². The van der Waals surface area contributed by atoms with Gasteiger partial charge in [0.2, 0.25) is 0 Å². The molecule has 0 spiro atoms. The predicted octanol–water partition coefficient (Wildman–Crippen LogP) is 3.31. The Morgan fingerprint density at radius 3 is 2.50 bits per heavy atom. The van der Waals surface area contributed by atoms with Crippen molar-refractivity contribution >= 4 is 17.7 Å². The minimum Gasteiger partial charge on any atom is -0.444 e. The van der Waals surface area contributed by atoms with E-state index in [4.69, 9.17) is 16.3 Å². The van der Waals surface area contributed by atoms with Gasteiger partial charge in [0.15, 0.2) is 0 Å². The van der Waals surface area contributed by atoms with Gasteiger partial charge in [-0.15, -0.1) is 0 Å². The summed E-state index contributed by atoms with van der Waals surface area (Å²) >= 11 is 5.88. The zero-order chi connectivity index (χ0) is 17.9. The van der Waals surface area contributed by atoms with Crippen molar-refractivity contribution in [3.8, 4) is 0 Å². The zero-order valence-electron chi connectivity index (χ0n) is 14.8. The highest BCUT2D eigenvalue weighted by Crippen LogP contribution is 2.20. The fourth-order valence-electron chi connectivity index (χ4n) is 2.83. The Morgan fingerprint density at radius 1 is 1.33 bits per heavy atom. The molecule has 0 aromatic heterocycles. The lowest BCUT2D eigenvalue weighted by Gasteiger charge is -2.40. The van der Waals surface area contributed by atoms with Crippen LogP contribution in [0.3, 0.4) is 0 Å². The van der Waals surface area contributed by atoms with Crippen molar-refractivity contribution in [2.45, 2.75) is 45.4 Å². The van der Waals surface area contributed by atoms with Gasteiger partial charge in [0.05, 0.1) is 6.10 Å². The highest BCUT2D eigenvalue weighted by molar-refractivity contribution is 6.30. The van der Waals surface area contributed by atoms with Crippen LogP contribution < -0.4 is 0 Å². The summed E-state index contributed by atoms with van der Waals surface area (Å²) in [5.41, 5.74) is 0.361. The number of carbonyl (C=O) groups excluding carboxylic acids is 1. The number of hydrogen-bond acceptors (Lipinski definition) is 4. The van der Waals surface area contributed by atoms with Crippen LogP contribution in [0, 0.1) is 0 Å². The lowest BCUT2D eigenvalue weighted by atomic mass is 10.1. The molecular weight excluding hydrogens is 328 g/mol.